The zero-order valence-electron chi connectivity index (χ0n) is 9.90. The van der Waals surface area contributed by atoms with Crippen LogP contribution in [0, 0.1) is 5.41 Å². The Morgan fingerprint density at radius 3 is 3.00 bits per heavy atom. The number of fused-ring (bicyclic) bond motifs is 1. The van der Waals surface area contributed by atoms with Gasteiger partial charge in [-0.25, -0.2) is 0 Å². The summed E-state index contributed by atoms with van der Waals surface area (Å²) in [6.45, 7) is 2.20. The van der Waals surface area contributed by atoms with Gasteiger partial charge in [0.2, 0.25) is 0 Å². The Morgan fingerprint density at radius 2 is 2.22 bits per heavy atom. The molecule has 0 saturated heterocycles. The van der Waals surface area contributed by atoms with Gasteiger partial charge in [-0.05, 0) is 40.6 Å². The maximum absolute atomic E-state index is 6.14. The molecule has 0 N–H and O–H groups in total. The Hall–Kier alpha value is -1.06. The van der Waals surface area contributed by atoms with E-state index in [1.54, 1.807) is 6.20 Å². The number of hydrogen-bond donors (Lipinski definition) is 0. The summed E-state index contributed by atoms with van der Waals surface area (Å²) in [4.78, 5) is 6.38. The first-order valence-electron chi connectivity index (χ1n) is 5.74. The van der Waals surface area contributed by atoms with Gasteiger partial charge < -0.3 is 4.90 Å². The van der Waals surface area contributed by atoms with Gasteiger partial charge in [-0.1, -0.05) is 24.6 Å². The fourth-order valence-electron chi connectivity index (χ4n) is 2.44. The fraction of sp³-hybridized carbons (Fsp3) is 0.214. The van der Waals surface area contributed by atoms with Crippen molar-refractivity contribution in [3.63, 3.8) is 0 Å². The Balaban J connectivity index is 2.04. The standard InChI is InChI=1S/C14H12BrClN2/c1-14-4-5-18(12-6-10(15)8-17-9-12)13(14)3-2-11(16)7-14/h2-6,8-9H,7H2,1H3. The molecule has 0 radical (unpaired) electrons. The molecule has 3 rings (SSSR count). The lowest BCUT2D eigenvalue weighted by Crippen LogP contribution is -2.24. The monoisotopic (exact) mass is 322 g/mol. The average molecular weight is 324 g/mol. The van der Waals surface area contributed by atoms with Crippen LogP contribution < -0.4 is 4.90 Å². The Kier molecular flexibility index (Phi) is 2.83. The summed E-state index contributed by atoms with van der Waals surface area (Å²) >= 11 is 9.59. The van der Waals surface area contributed by atoms with Crippen LogP contribution in [0.2, 0.25) is 0 Å². The molecule has 0 saturated carbocycles. The third-order valence-electron chi connectivity index (χ3n) is 3.36. The maximum Gasteiger partial charge on any atom is 0.0647 e. The van der Waals surface area contributed by atoms with Gasteiger partial charge in [0.15, 0.2) is 0 Å². The molecule has 92 valence electrons. The summed E-state index contributed by atoms with van der Waals surface area (Å²) in [7, 11) is 0. The third-order valence-corrected chi connectivity index (χ3v) is 4.06. The van der Waals surface area contributed by atoms with E-state index in [2.05, 4.69) is 57.2 Å². The van der Waals surface area contributed by atoms with Crippen molar-refractivity contribution in [3.05, 3.63) is 58.1 Å². The molecule has 2 aliphatic rings. The Labute approximate surface area is 120 Å². The number of nitrogens with zero attached hydrogens (tertiary/aromatic N) is 2. The highest BCUT2D eigenvalue weighted by Gasteiger charge is 2.37. The van der Waals surface area contributed by atoms with Crippen molar-refractivity contribution in [2.45, 2.75) is 13.3 Å². The predicted molar refractivity (Wildman–Crippen MR) is 78.3 cm³/mol. The highest BCUT2D eigenvalue weighted by atomic mass is 79.9. The Bertz CT molecular complexity index is 591. The number of allylic oxidation sites excluding steroid dienone is 4. The van der Waals surface area contributed by atoms with Crippen molar-refractivity contribution in [3.8, 4) is 0 Å². The minimum atomic E-state index is -0.00580. The number of pyridine rings is 1. The number of anilines is 1. The van der Waals surface area contributed by atoms with Gasteiger partial charge in [-0.15, -0.1) is 0 Å². The van der Waals surface area contributed by atoms with E-state index < -0.39 is 0 Å². The highest BCUT2D eigenvalue weighted by molar-refractivity contribution is 9.10. The lowest BCUT2D eigenvalue weighted by atomic mass is 9.82. The van der Waals surface area contributed by atoms with Gasteiger partial charge in [0, 0.05) is 33.0 Å². The van der Waals surface area contributed by atoms with Crippen molar-refractivity contribution in [2.75, 3.05) is 4.90 Å². The fourth-order valence-corrected chi connectivity index (χ4v) is 3.13. The highest BCUT2D eigenvalue weighted by Crippen LogP contribution is 2.47. The lowest BCUT2D eigenvalue weighted by molar-refractivity contribution is 0.522. The summed E-state index contributed by atoms with van der Waals surface area (Å²) in [5, 5.41) is 0.903. The van der Waals surface area contributed by atoms with Crippen molar-refractivity contribution < 1.29 is 0 Å². The summed E-state index contributed by atoms with van der Waals surface area (Å²) in [6.07, 6.45) is 12.9. The second kappa shape index (κ2) is 4.25. The SMILES string of the molecule is CC12C=CN(c3cncc(Br)c3)C1=CC=C(Cl)C2. The van der Waals surface area contributed by atoms with E-state index in [-0.39, 0.29) is 5.41 Å². The molecule has 1 aromatic rings. The van der Waals surface area contributed by atoms with Crippen LogP contribution in [0.4, 0.5) is 5.69 Å². The molecule has 0 spiro atoms. The summed E-state index contributed by atoms with van der Waals surface area (Å²) in [6, 6.07) is 2.06. The van der Waals surface area contributed by atoms with Crippen LogP contribution >= 0.6 is 27.5 Å². The van der Waals surface area contributed by atoms with Crippen LogP contribution in [0.5, 0.6) is 0 Å². The maximum atomic E-state index is 6.14. The van der Waals surface area contributed by atoms with Gasteiger partial charge in [0.05, 0.1) is 11.9 Å². The first-order valence-corrected chi connectivity index (χ1v) is 6.92. The molecule has 1 unspecified atom stereocenters. The third kappa shape index (κ3) is 1.91. The van der Waals surface area contributed by atoms with Crippen molar-refractivity contribution in [1.29, 1.82) is 0 Å². The number of halogens is 2. The molecule has 1 aliphatic carbocycles. The van der Waals surface area contributed by atoms with E-state index in [4.69, 9.17) is 11.6 Å². The second-order valence-corrected chi connectivity index (χ2v) is 6.21. The topological polar surface area (TPSA) is 16.1 Å². The first-order chi connectivity index (χ1) is 8.58. The van der Waals surface area contributed by atoms with Crippen LogP contribution in [0.15, 0.2) is 58.1 Å². The van der Waals surface area contributed by atoms with E-state index >= 15 is 0 Å². The molecule has 1 aliphatic heterocycles. The molecule has 0 bridgehead atoms. The largest absolute Gasteiger partial charge is 0.319 e. The van der Waals surface area contributed by atoms with Gasteiger partial charge in [0.1, 0.15) is 0 Å². The van der Waals surface area contributed by atoms with Gasteiger partial charge in [-0.3, -0.25) is 4.98 Å². The molecule has 2 heterocycles. The van der Waals surface area contributed by atoms with Crippen molar-refractivity contribution in [1.82, 2.24) is 4.98 Å². The molecule has 0 amide bonds. The molecule has 2 nitrogen and oxygen atoms in total. The minimum absolute atomic E-state index is 0.00580. The molecule has 4 heteroatoms. The van der Waals surface area contributed by atoms with Crippen LogP contribution in [0.3, 0.4) is 0 Å². The van der Waals surface area contributed by atoms with E-state index in [1.165, 1.54) is 5.70 Å². The first kappa shape index (κ1) is 12.0. The summed E-state index contributed by atoms with van der Waals surface area (Å²) < 4.78 is 0.979. The van der Waals surface area contributed by atoms with Gasteiger partial charge in [-0.2, -0.15) is 0 Å². The second-order valence-electron chi connectivity index (χ2n) is 4.81. The van der Waals surface area contributed by atoms with E-state index in [1.807, 2.05) is 12.3 Å². The summed E-state index contributed by atoms with van der Waals surface area (Å²) in [5.74, 6) is 0. The van der Waals surface area contributed by atoms with E-state index in [0.29, 0.717) is 0 Å². The predicted octanol–water partition coefficient (Wildman–Crippen LogP) is 4.59. The molecular formula is C14H12BrClN2. The van der Waals surface area contributed by atoms with Gasteiger partial charge in [0.25, 0.3) is 0 Å². The lowest BCUT2D eigenvalue weighted by Gasteiger charge is -2.31. The molecule has 1 aromatic heterocycles. The zero-order chi connectivity index (χ0) is 12.8. The smallest absolute Gasteiger partial charge is 0.0647 e. The quantitative estimate of drug-likeness (QED) is 0.751. The van der Waals surface area contributed by atoms with Crippen LogP contribution in [-0.4, -0.2) is 4.98 Å². The summed E-state index contributed by atoms with van der Waals surface area (Å²) in [5.41, 5.74) is 2.29. The van der Waals surface area contributed by atoms with Crippen LogP contribution in [-0.2, 0) is 0 Å². The molecular weight excluding hydrogens is 312 g/mol. The Morgan fingerprint density at radius 1 is 1.39 bits per heavy atom. The minimum Gasteiger partial charge on any atom is -0.319 e. The molecule has 0 fully saturated rings. The molecule has 0 aromatic carbocycles. The van der Waals surface area contributed by atoms with E-state index in [9.17, 15) is 0 Å². The number of aromatic nitrogens is 1. The van der Waals surface area contributed by atoms with Crippen LogP contribution in [0.1, 0.15) is 13.3 Å². The van der Waals surface area contributed by atoms with Gasteiger partial charge >= 0.3 is 0 Å². The molecule has 18 heavy (non-hydrogen) atoms. The van der Waals surface area contributed by atoms with Crippen molar-refractivity contribution in [2.24, 2.45) is 5.41 Å². The number of hydrogen-bond acceptors (Lipinski definition) is 2. The average Bonchev–Trinajstić information content (AvgIpc) is 2.65. The van der Waals surface area contributed by atoms with E-state index in [0.717, 1.165) is 21.6 Å². The molecule has 1 atom stereocenters. The van der Waals surface area contributed by atoms with Crippen molar-refractivity contribution >= 4 is 33.2 Å². The zero-order valence-corrected chi connectivity index (χ0v) is 12.2. The number of rotatable bonds is 1. The normalized spacial score (nSPS) is 25.8. The van der Waals surface area contributed by atoms with Crippen LogP contribution in [0.25, 0.3) is 0 Å².